The van der Waals surface area contributed by atoms with E-state index in [4.69, 9.17) is 4.74 Å². The number of hydrogen-bond acceptors (Lipinski definition) is 5. The lowest BCUT2D eigenvalue weighted by molar-refractivity contribution is -0.384. The van der Waals surface area contributed by atoms with E-state index in [2.05, 4.69) is 21.2 Å². The van der Waals surface area contributed by atoms with E-state index in [0.717, 1.165) is 11.3 Å². The van der Waals surface area contributed by atoms with Gasteiger partial charge in [-0.05, 0) is 39.7 Å². The van der Waals surface area contributed by atoms with Crippen LogP contribution in [0.3, 0.4) is 0 Å². The standard InChI is InChI=1S/C14H13BrN2O4/c1-21-14-6-9(2-5-13(14)18)8-16-12-4-3-10(17(19)20)7-11(12)15/h2-7,16,18H,8H2,1H3. The number of rotatable bonds is 5. The molecule has 0 saturated carbocycles. The molecule has 0 aliphatic carbocycles. The number of methoxy groups -OCH3 is 1. The highest BCUT2D eigenvalue weighted by atomic mass is 79.9. The predicted molar refractivity (Wildman–Crippen MR) is 82.8 cm³/mol. The fourth-order valence-electron chi connectivity index (χ4n) is 1.79. The summed E-state index contributed by atoms with van der Waals surface area (Å²) in [6.07, 6.45) is 0. The fourth-order valence-corrected chi connectivity index (χ4v) is 2.30. The van der Waals surface area contributed by atoms with Crippen LogP contribution in [-0.2, 0) is 6.54 Å². The number of hydrogen-bond donors (Lipinski definition) is 2. The van der Waals surface area contributed by atoms with Crippen molar-refractivity contribution in [1.82, 2.24) is 0 Å². The summed E-state index contributed by atoms with van der Waals surface area (Å²) < 4.78 is 5.65. The van der Waals surface area contributed by atoms with Gasteiger partial charge >= 0.3 is 0 Å². The SMILES string of the molecule is COc1cc(CNc2ccc([N+](=O)[O-])cc2Br)ccc1O. The fraction of sp³-hybridized carbons (Fsp3) is 0.143. The molecule has 0 unspecified atom stereocenters. The lowest BCUT2D eigenvalue weighted by Crippen LogP contribution is -2.01. The van der Waals surface area contributed by atoms with Crippen molar-refractivity contribution in [2.45, 2.75) is 6.54 Å². The van der Waals surface area contributed by atoms with E-state index in [1.165, 1.54) is 19.2 Å². The molecule has 0 aliphatic heterocycles. The van der Waals surface area contributed by atoms with E-state index in [1.54, 1.807) is 24.3 Å². The van der Waals surface area contributed by atoms with E-state index in [1.807, 2.05) is 0 Å². The van der Waals surface area contributed by atoms with Crippen LogP contribution in [0.4, 0.5) is 11.4 Å². The summed E-state index contributed by atoms with van der Waals surface area (Å²) in [5.74, 6) is 0.481. The molecule has 0 heterocycles. The number of nitrogens with one attached hydrogen (secondary N) is 1. The molecule has 2 rings (SSSR count). The number of ether oxygens (including phenoxy) is 1. The average Bonchev–Trinajstić information content (AvgIpc) is 2.47. The first kappa shape index (κ1) is 15.1. The van der Waals surface area contributed by atoms with Crippen molar-refractivity contribution in [2.75, 3.05) is 12.4 Å². The van der Waals surface area contributed by atoms with Crippen molar-refractivity contribution < 1.29 is 14.8 Å². The van der Waals surface area contributed by atoms with Gasteiger partial charge in [0.2, 0.25) is 0 Å². The minimum Gasteiger partial charge on any atom is -0.504 e. The number of benzene rings is 2. The van der Waals surface area contributed by atoms with Gasteiger partial charge in [-0.1, -0.05) is 6.07 Å². The smallest absolute Gasteiger partial charge is 0.270 e. The highest BCUT2D eigenvalue weighted by molar-refractivity contribution is 9.10. The van der Waals surface area contributed by atoms with Gasteiger partial charge < -0.3 is 15.2 Å². The number of nitro benzene ring substituents is 1. The van der Waals surface area contributed by atoms with Gasteiger partial charge in [0.25, 0.3) is 5.69 Å². The van der Waals surface area contributed by atoms with Crippen LogP contribution in [0.15, 0.2) is 40.9 Å². The van der Waals surface area contributed by atoms with E-state index in [9.17, 15) is 15.2 Å². The Labute approximate surface area is 129 Å². The minimum absolute atomic E-state index is 0.0266. The van der Waals surface area contributed by atoms with Crippen LogP contribution in [0.2, 0.25) is 0 Å². The van der Waals surface area contributed by atoms with Crippen molar-refractivity contribution in [2.24, 2.45) is 0 Å². The first-order valence-corrected chi connectivity index (χ1v) is 6.84. The maximum absolute atomic E-state index is 10.7. The van der Waals surface area contributed by atoms with Crippen LogP contribution in [-0.4, -0.2) is 17.1 Å². The number of nitrogens with zero attached hydrogens (tertiary/aromatic N) is 1. The summed E-state index contributed by atoms with van der Waals surface area (Å²) in [6, 6.07) is 9.57. The van der Waals surface area contributed by atoms with Gasteiger partial charge in [0, 0.05) is 28.8 Å². The Kier molecular flexibility index (Phi) is 4.64. The third-order valence-corrected chi connectivity index (χ3v) is 3.55. The summed E-state index contributed by atoms with van der Waals surface area (Å²) in [5.41, 5.74) is 1.68. The molecule has 0 saturated heterocycles. The predicted octanol–water partition coefficient (Wildman–Crippen LogP) is 3.68. The average molecular weight is 353 g/mol. The van der Waals surface area contributed by atoms with E-state index < -0.39 is 4.92 Å². The largest absolute Gasteiger partial charge is 0.504 e. The maximum atomic E-state index is 10.7. The molecular formula is C14H13BrN2O4. The van der Waals surface area contributed by atoms with Crippen LogP contribution in [0.25, 0.3) is 0 Å². The highest BCUT2D eigenvalue weighted by Crippen LogP contribution is 2.29. The zero-order valence-corrected chi connectivity index (χ0v) is 12.8. The molecule has 21 heavy (non-hydrogen) atoms. The van der Waals surface area contributed by atoms with Crippen molar-refractivity contribution in [3.05, 3.63) is 56.5 Å². The molecule has 0 amide bonds. The molecule has 0 spiro atoms. The Morgan fingerprint density at radius 3 is 2.71 bits per heavy atom. The van der Waals surface area contributed by atoms with Crippen molar-refractivity contribution in [1.29, 1.82) is 0 Å². The van der Waals surface area contributed by atoms with Crippen LogP contribution in [0.1, 0.15) is 5.56 Å². The Balaban J connectivity index is 2.11. The Hall–Kier alpha value is -2.28. The summed E-state index contributed by atoms with van der Waals surface area (Å²) in [6.45, 7) is 0.493. The quantitative estimate of drug-likeness (QED) is 0.633. The van der Waals surface area contributed by atoms with Crippen molar-refractivity contribution >= 4 is 27.3 Å². The first-order valence-electron chi connectivity index (χ1n) is 6.05. The molecule has 2 aromatic rings. The molecule has 6 nitrogen and oxygen atoms in total. The number of non-ortho nitro benzene ring substituents is 1. The van der Waals surface area contributed by atoms with Crippen LogP contribution >= 0.6 is 15.9 Å². The van der Waals surface area contributed by atoms with Crippen molar-refractivity contribution in [3.8, 4) is 11.5 Å². The van der Waals surface area contributed by atoms with E-state index >= 15 is 0 Å². The third-order valence-electron chi connectivity index (χ3n) is 2.89. The molecule has 0 bridgehead atoms. The molecule has 0 fully saturated rings. The molecule has 7 heteroatoms. The number of nitro groups is 1. The summed E-state index contributed by atoms with van der Waals surface area (Å²) in [7, 11) is 1.49. The van der Waals surface area contributed by atoms with Crippen LogP contribution in [0, 0.1) is 10.1 Å². The second kappa shape index (κ2) is 6.45. The zero-order chi connectivity index (χ0) is 15.4. The number of phenolic OH excluding ortho intramolecular Hbond substituents is 1. The number of halogens is 1. The summed E-state index contributed by atoms with van der Waals surface area (Å²) in [4.78, 5) is 10.2. The number of aromatic hydroxyl groups is 1. The maximum Gasteiger partial charge on any atom is 0.270 e. The van der Waals surface area contributed by atoms with Crippen molar-refractivity contribution in [3.63, 3.8) is 0 Å². The van der Waals surface area contributed by atoms with Gasteiger partial charge in [0.1, 0.15) is 0 Å². The third kappa shape index (κ3) is 3.63. The normalized spacial score (nSPS) is 10.2. The van der Waals surface area contributed by atoms with E-state index in [-0.39, 0.29) is 11.4 Å². The Morgan fingerprint density at radius 2 is 2.10 bits per heavy atom. The molecule has 2 N–H and O–H groups in total. The second-order valence-corrected chi connectivity index (χ2v) is 5.14. The number of anilines is 1. The zero-order valence-electron chi connectivity index (χ0n) is 11.2. The molecule has 2 aromatic carbocycles. The van der Waals surface area contributed by atoms with Gasteiger partial charge in [-0.25, -0.2) is 0 Å². The van der Waals surface area contributed by atoms with E-state index in [0.29, 0.717) is 16.8 Å². The van der Waals surface area contributed by atoms with Gasteiger partial charge in [0.15, 0.2) is 11.5 Å². The second-order valence-electron chi connectivity index (χ2n) is 4.28. The lowest BCUT2D eigenvalue weighted by atomic mass is 10.2. The summed E-state index contributed by atoms with van der Waals surface area (Å²) in [5, 5.41) is 23.4. The Bertz CT molecular complexity index is 676. The first-order chi connectivity index (χ1) is 10.0. The molecule has 0 aliphatic rings. The molecule has 0 atom stereocenters. The van der Waals surface area contributed by atoms with Crippen LogP contribution < -0.4 is 10.1 Å². The lowest BCUT2D eigenvalue weighted by Gasteiger charge is -2.10. The van der Waals surface area contributed by atoms with Gasteiger partial charge in [-0.2, -0.15) is 0 Å². The Morgan fingerprint density at radius 1 is 1.33 bits per heavy atom. The summed E-state index contributed by atoms with van der Waals surface area (Å²) >= 11 is 3.30. The molecule has 110 valence electrons. The molecule has 0 radical (unpaired) electrons. The highest BCUT2D eigenvalue weighted by Gasteiger charge is 2.09. The van der Waals surface area contributed by atoms with Gasteiger partial charge in [0.05, 0.1) is 12.0 Å². The monoisotopic (exact) mass is 352 g/mol. The van der Waals surface area contributed by atoms with Gasteiger partial charge in [-0.15, -0.1) is 0 Å². The molecular weight excluding hydrogens is 340 g/mol. The van der Waals surface area contributed by atoms with Gasteiger partial charge in [-0.3, -0.25) is 10.1 Å². The number of phenols is 1. The molecule has 0 aromatic heterocycles. The minimum atomic E-state index is -0.445. The van der Waals surface area contributed by atoms with Crippen LogP contribution in [0.5, 0.6) is 11.5 Å². The topological polar surface area (TPSA) is 84.6 Å².